The first-order chi connectivity index (χ1) is 10.4. The lowest BCUT2D eigenvalue weighted by Gasteiger charge is -2.16. The van der Waals surface area contributed by atoms with Gasteiger partial charge in [-0.3, -0.25) is 0 Å². The van der Waals surface area contributed by atoms with E-state index >= 15 is 0 Å². The Morgan fingerprint density at radius 3 is 2.64 bits per heavy atom. The Morgan fingerprint density at radius 2 is 2.00 bits per heavy atom. The highest BCUT2D eigenvalue weighted by Crippen LogP contribution is 2.53. The second kappa shape index (κ2) is 9.85. The number of nitrogens with one attached hydrogen (secondary N) is 1. The summed E-state index contributed by atoms with van der Waals surface area (Å²) in [5.74, 6) is -0.560. The SMILES string of the molecule is CCCCCON[C@@H](C)C(=O)OP(=O)(Cl)Oc1ccccc1. The van der Waals surface area contributed by atoms with Gasteiger partial charge in [0.05, 0.1) is 6.61 Å². The molecule has 0 aliphatic heterocycles. The summed E-state index contributed by atoms with van der Waals surface area (Å²) in [6.45, 7) is 0.0266. The molecule has 2 atom stereocenters. The molecule has 0 aliphatic rings. The van der Waals surface area contributed by atoms with E-state index in [9.17, 15) is 9.36 Å². The van der Waals surface area contributed by atoms with Crippen LogP contribution in [0.2, 0.25) is 0 Å². The normalized spacial score (nSPS) is 14.9. The van der Waals surface area contributed by atoms with Crippen LogP contribution in [0.4, 0.5) is 0 Å². The zero-order valence-electron chi connectivity index (χ0n) is 12.7. The first kappa shape index (κ1) is 19.0. The lowest BCUT2D eigenvalue weighted by Crippen LogP contribution is -2.35. The van der Waals surface area contributed by atoms with Crippen molar-refractivity contribution in [3.05, 3.63) is 30.3 Å². The molecular weight excluding hydrogens is 329 g/mol. The van der Waals surface area contributed by atoms with E-state index in [4.69, 9.17) is 25.1 Å². The molecule has 1 aromatic carbocycles. The van der Waals surface area contributed by atoms with Gasteiger partial charge < -0.3 is 13.9 Å². The summed E-state index contributed by atoms with van der Waals surface area (Å²) in [4.78, 5) is 16.9. The third kappa shape index (κ3) is 7.80. The molecule has 0 amide bonds. The molecule has 6 nitrogen and oxygen atoms in total. The largest absolute Gasteiger partial charge is 0.532 e. The first-order valence-corrected chi connectivity index (χ1v) is 9.54. The molecule has 0 bridgehead atoms. The van der Waals surface area contributed by atoms with Gasteiger partial charge in [-0.2, -0.15) is 5.48 Å². The summed E-state index contributed by atoms with van der Waals surface area (Å²) in [6.07, 6.45) is 3.01. The molecule has 0 saturated heterocycles. The number of benzene rings is 1. The zero-order chi connectivity index (χ0) is 16.4. The predicted octanol–water partition coefficient (Wildman–Crippen LogP) is 4.06. The van der Waals surface area contributed by atoms with Crippen LogP contribution in [-0.2, 0) is 18.7 Å². The minimum absolute atomic E-state index is 0.255. The molecule has 0 radical (unpaired) electrons. The van der Waals surface area contributed by atoms with Crippen molar-refractivity contribution in [2.24, 2.45) is 0 Å². The number of hydrogen-bond acceptors (Lipinski definition) is 6. The van der Waals surface area contributed by atoms with E-state index in [1.54, 1.807) is 30.3 Å². The van der Waals surface area contributed by atoms with Crippen LogP contribution in [0.1, 0.15) is 33.1 Å². The van der Waals surface area contributed by atoms with Gasteiger partial charge in [-0.25, -0.2) is 9.36 Å². The van der Waals surface area contributed by atoms with Crippen LogP contribution >= 0.6 is 18.2 Å². The molecule has 0 aromatic heterocycles. The van der Waals surface area contributed by atoms with E-state index in [1.165, 1.54) is 6.92 Å². The average molecular weight is 350 g/mol. The van der Waals surface area contributed by atoms with Crippen molar-refractivity contribution >= 4 is 24.2 Å². The highest BCUT2D eigenvalue weighted by atomic mass is 35.7. The van der Waals surface area contributed by atoms with Crippen molar-refractivity contribution in [1.29, 1.82) is 0 Å². The molecule has 0 fully saturated rings. The Kier molecular flexibility index (Phi) is 8.49. The Hall–Kier alpha value is -1.07. The molecule has 22 heavy (non-hydrogen) atoms. The monoisotopic (exact) mass is 349 g/mol. The second-order valence-corrected chi connectivity index (χ2v) is 7.11. The number of carbonyl (C=O) groups excluding carboxylic acids is 1. The van der Waals surface area contributed by atoms with Gasteiger partial charge in [-0.15, -0.1) is 0 Å². The maximum absolute atomic E-state index is 11.9. The lowest BCUT2D eigenvalue weighted by atomic mass is 10.3. The Bertz CT molecular complexity index is 499. The molecule has 1 aromatic rings. The summed E-state index contributed by atoms with van der Waals surface area (Å²) in [7, 11) is 0. The molecule has 0 aliphatic carbocycles. The summed E-state index contributed by atoms with van der Waals surface area (Å²) in [5, 5.41) is 0. The maximum Gasteiger partial charge on any atom is 0.532 e. The average Bonchev–Trinajstić information content (AvgIpc) is 2.46. The number of para-hydroxylation sites is 1. The molecule has 1 N–H and O–H groups in total. The van der Waals surface area contributed by atoms with Crippen LogP contribution in [0.5, 0.6) is 5.75 Å². The molecular formula is C14H21ClNO5P. The van der Waals surface area contributed by atoms with Gasteiger partial charge >= 0.3 is 12.9 Å². The summed E-state index contributed by atoms with van der Waals surface area (Å²) in [5.41, 5.74) is 2.52. The van der Waals surface area contributed by atoms with E-state index in [1.807, 2.05) is 0 Å². The van der Waals surface area contributed by atoms with E-state index in [-0.39, 0.29) is 5.75 Å². The molecule has 8 heteroatoms. The van der Waals surface area contributed by atoms with E-state index in [0.717, 1.165) is 19.3 Å². The van der Waals surface area contributed by atoms with Crippen molar-refractivity contribution in [1.82, 2.24) is 5.48 Å². The van der Waals surface area contributed by atoms with Crippen LogP contribution in [0, 0.1) is 0 Å². The lowest BCUT2D eigenvalue weighted by molar-refractivity contribution is -0.140. The molecule has 1 unspecified atom stereocenters. The number of carbonyl (C=O) groups is 1. The zero-order valence-corrected chi connectivity index (χ0v) is 14.3. The quantitative estimate of drug-likeness (QED) is 0.390. The third-order valence-electron chi connectivity index (χ3n) is 2.62. The minimum atomic E-state index is -4.05. The van der Waals surface area contributed by atoms with Gasteiger partial charge in [0.1, 0.15) is 11.8 Å². The van der Waals surface area contributed by atoms with Crippen molar-refractivity contribution in [3.63, 3.8) is 0 Å². The maximum atomic E-state index is 11.9. The molecule has 0 spiro atoms. The Balaban J connectivity index is 2.37. The fourth-order valence-electron chi connectivity index (χ4n) is 1.47. The van der Waals surface area contributed by atoms with Crippen LogP contribution in [-0.4, -0.2) is 18.6 Å². The highest BCUT2D eigenvalue weighted by molar-refractivity contribution is 7.82. The van der Waals surface area contributed by atoms with Gasteiger partial charge in [0.15, 0.2) is 0 Å². The Labute approximate surface area is 135 Å². The number of halogens is 1. The van der Waals surface area contributed by atoms with E-state index < -0.39 is 19.0 Å². The Morgan fingerprint density at radius 1 is 1.32 bits per heavy atom. The number of unbranched alkanes of at least 4 members (excludes halogenated alkanes) is 2. The molecule has 0 heterocycles. The van der Waals surface area contributed by atoms with Crippen molar-refractivity contribution < 1.29 is 23.2 Å². The minimum Gasteiger partial charge on any atom is -0.405 e. The smallest absolute Gasteiger partial charge is 0.405 e. The van der Waals surface area contributed by atoms with Gasteiger partial charge in [0.2, 0.25) is 0 Å². The third-order valence-corrected chi connectivity index (χ3v) is 3.86. The standard InChI is InChI=1S/C14H21ClNO5P/c1-3-4-8-11-19-16-12(2)14(17)21-22(15,18)20-13-9-6-5-7-10-13/h5-7,9-10,12,16H,3-4,8,11H2,1-2H3/t12-,22?/m0/s1. The van der Waals surface area contributed by atoms with Crippen molar-refractivity contribution in [2.75, 3.05) is 6.61 Å². The number of rotatable bonds is 10. The highest BCUT2D eigenvalue weighted by Gasteiger charge is 2.30. The van der Waals surface area contributed by atoms with Gasteiger partial charge in [-0.1, -0.05) is 38.0 Å². The first-order valence-electron chi connectivity index (χ1n) is 7.09. The summed E-state index contributed by atoms with van der Waals surface area (Å²) < 4.78 is 21.6. The van der Waals surface area contributed by atoms with Crippen LogP contribution in [0.15, 0.2) is 30.3 Å². The topological polar surface area (TPSA) is 73.9 Å². The van der Waals surface area contributed by atoms with Gasteiger partial charge in [0, 0.05) is 11.2 Å². The summed E-state index contributed by atoms with van der Waals surface area (Å²) in [6, 6.07) is 7.43. The second-order valence-electron chi connectivity index (χ2n) is 4.64. The van der Waals surface area contributed by atoms with Crippen molar-refractivity contribution in [2.45, 2.75) is 39.2 Å². The van der Waals surface area contributed by atoms with Gasteiger partial charge in [0.25, 0.3) is 0 Å². The van der Waals surface area contributed by atoms with Crippen LogP contribution in [0.3, 0.4) is 0 Å². The van der Waals surface area contributed by atoms with E-state index in [2.05, 4.69) is 12.4 Å². The van der Waals surface area contributed by atoms with E-state index in [0.29, 0.717) is 6.61 Å². The van der Waals surface area contributed by atoms with Gasteiger partial charge in [-0.05, 0) is 25.5 Å². The number of hydrogen-bond donors (Lipinski definition) is 1. The molecule has 124 valence electrons. The summed E-state index contributed by atoms with van der Waals surface area (Å²) >= 11 is 5.63. The van der Waals surface area contributed by atoms with Crippen molar-refractivity contribution in [3.8, 4) is 5.75 Å². The number of hydroxylamine groups is 1. The fraction of sp³-hybridized carbons (Fsp3) is 0.500. The fourth-order valence-corrected chi connectivity index (χ4v) is 2.70. The predicted molar refractivity (Wildman–Crippen MR) is 84.7 cm³/mol. The molecule has 0 saturated carbocycles. The van der Waals surface area contributed by atoms with Crippen LogP contribution < -0.4 is 10.0 Å². The van der Waals surface area contributed by atoms with Crippen LogP contribution in [0.25, 0.3) is 0 Å². The molecule has 1 rings (SSSR count).